The molecule has 0 aliphatic heterocycles. The first-order valence-electron chi connectivity index (χ1n) is 48.4. The van der Waals surface area contributed by atoms with Crippen LogP contribution in [0.15, 0.2) is 355 Å². The third kappa shape index (κ3) is 10.9. The average Bonchev–Trinajstić information content (AvgIpc) is 1.48. The van der Waals surface area contributed by atoms with Crippen molar-refractivity contribution < 1.29 is 8.83 Å². The summed E-state index contributed by atoms with van der Waals surface area (Å²) in [6.45, 7) is 14.6. The van der Waals surface area contributed by atoms with Crippen molar-refractivity contribution in [2.75, 3.05) is 0 Å². The first-order chi connectivity index (χ1) is 63.9. The third-order valence-corrected chi connectivity index (χ3v) is 32.7. The Bertz CT molecular complexity index is 7850. The molecule has 0 saturated carbocycles. The quantitative estimate of drug-likeness (QED) is 0.0711. The zero-order valence-corrected chi connectivity index (χ0v) is 75.2. The van der Waals surface area contributed by atoms with E-state index in [-0.39, 0.29) is 22.2 Å². The smallest absolute Gasteiger partial charge is 0.143 e. The largest absolute Gasteiger partial charge is 0.456 e. The number of fused-ring (bicyclic) bond motifs is 37. The molecule has 0 amide bonds. The van der Waals surface area contributed by atoms with Crippen molar-refractivity contribution in [2.24, 2.45) is 0 Å². The van der Waals surface area contributed by atoms with E-state index in [1.807, 2.05) is 0 Å². The first-order valence-corrected chi connectivity index (χ1v) is 48.4. The number of benzene rings is 17. The highest BCUT2D eigenvalue weighted by molar-refractivity contribution is 6.20. The Morgan fingerprint density at radius 3 is 1.25 bits per heavy atom. The van der Waals surface area contributed by atoms with E-state index in [1.54, 1.807) is 11.1 Å². The lowest BCUT2D eigenvalue weighted by Gasteiger charge is -2.33. The van der Waals surface area contributed by atoms with Crippen molar-refractivity contribution in [1.82, 2.24) is 0 Å². The Morgan fingerprint density at radius 1 is 0.238 bits per heavy atom. The van der Waals surface area contributed by atoms with E-state index < -0.39 is 10.8 Å². The third-order valence-electron chi connectivity index (χ3n) is 32.7. The van der Waals surface area contributed by atoms with Crippen LogP contribution in [0.25, 0.3) is 155 Å². The van der Waals surface area contributed by atoms with E-state index >= 15 is 0 Å². The highest BCUT2D eigenvalue weighted by Gasteiger charge is 2.57. The van der Waals surface area contributed by atoms with Gasteiger partial charge in [0.05, 0.1) is 10.8 Å². The van der Waals surface area contributed by atoms with E-state index in [4.69, 9.17) is 8.83 Å². The van der Waals surface area contributed by atoms with Gasteiger partial charge in [0.2, 0.25) is 0 Å². The number of hydrogen-bond donors (Lipinski definition) is 0. The summed E-state index contributed by atoms with van der Waals surface area (Å²) in [5.74, 6) is 0.116. The van der Waals surface area contributed by atoms with Crippen LogP contribution in [-0.2, 0) is 39.9 Å². The van der Waals surface area contributed by atoms with E-state index in [0.717, 1.165) is 51.5 Å². The lowest BCUT2D eigenvalue weighted by Crippen LogP contribution is -2.27. The zero-order chi connectivity index (χ0) is 86.7. The molecule has 0 fully saturated rings. The van der Waals surface area contributed by atoms with Crippen LogP contribution in [0.5, 0.6) is 0 Å². The highest BCUT2D eigenvalue weighted by Crippen LogP contribution is 2.70. The minimum absolute atomic E-state index is 0.0217. The van der Waals surface area contributed by atoms with Crippen LogP contribution in [-0.4, -0.2) is 0 Å². The van der Waals surface area contributed by atoms with Gasteiger partial charge in [0.15, 0.2) is 0 Å². The molecular formula is C128H104O2. The van der Waals surface area contributed by atoms with Gasteiger partial charge in [-0.3, -0.25) is 0 Å². The molecule has 0 bridgehead atoms. The summed E-state index contributed by atoms with van der Waals surface area (Å²) in [7, 11) is 0. The molecule has 0 N–H and O–H groups in total. The Morgan fingerprint density at radius 2 is 0.638 bits per heavy atom. The summed E-state index contributed by atoms with van der Waals surface area (Å²) >= 11 is 0. The molecule has 2 aromatic heterocycles. The predicted molar refractivity (Wildman–Crippen MR) is 541 cm³/mol. The average molecular weight is 1670 g/mol. The molecule has 0 saturated heterocycles. The molecule has 7 aliphatic carbocycles. The summed E-state index contributed by atoms with van der Waals surface area (Å²) in [4.78, 5) is 0. The maximum absolute atomic E-state index is 7.31. The Kier molecular flexibility index (Phi) is 17.4. The number of para-hydroxylation sites is 2. The van der Waals surface area contributed by atoms with E-state index in [2.05, 4.69) is 387 Å². The number of furan rings is 2. The molecule has 17 aromatic carbocycles. The fourth-order valence-corrected chi connectivity index (χ4v) is 26.6. The molecule has 19 aromatic rings. The van der Waals surface area contributed by atoms with Gasteiger partial charge in [0.1, 0.15) is 22.3 Å². The molecule has 2 heteroatoms. The van der Waals surface area contributed by atoms with Gasteiger partial charge in [-0.05, 0) is 286 Å². The Labute approximate surface area is 763 Å². The molecule has 0 radical (unpaired) electrons. The lowest BCUT2D eigenvalue weighted by molar-refractivity contribution is 0.399. The SMILES string of the molecule is CCCCCCCC1(CCCCCCC)c2ccccc2-c2ccc(-c3ccc4c(c3)C(C)(C)c3cc(-c5cc6c(c7c5oc5ccccc57)-c5ccc(CC(Cc7ccc8c(c7)C7(c9ccccc9-c9ccccc97)c7cc9c(cc7-8)C7(c8ccccc8-c8ccccc87)c7ccc8oc%10ccccc%10c8c7-9)c7ccc(-c8ccccc8)cc7)cc5C6(C)C)ccc3-4)cc21. The van der Waals surface area contributed by atoms with Gasteiger partial charge in [0, 0.05) is 43.4 Å². The van der Waals surface area contributed by atoms with Crippen molar-refractivity contribution in [3.8, 4) is 111 Å². The van der Waals surface area contributed by atoms with Crippen LogP contribution >= 0.6 is 0 Å². The lowest BCUT2D eigenvalue weighted by atomic mass is 9.68. The maximum Gasteiger partial charge on any atom is 0.143 e. The maximum atomic E-state index is 7.31. The fourth-order valence-electron chi connectivity index (χ4n) is 26.6. The van der Waals surface area contributed by atoms with Gasteiger partial charge in [-0.25, -0.2) is 0 Å². The van der Waals surface area contributed by atoms with Crippen molar-refractivity contribution in [3.63, 3.8) is 0 Å². The molecule has 2 spiro atoms. The second kappa shape index (κ2) is 29.2. The minimum Gasteiger partial charge on any atom is -0.456 e. The molecule has 130 heavy (non-hydrogen) atoms. The molecule has 7 aliphatic rings. The van der Waals surface area contributed by atoms with E-state index in [1.165, 1.54) is 277 Å². The van der Waals surface area contributed by atoms with E-state index in [0.29, 0.717) is 0 Å². The van der Waals surface area contributed by atoms with Gasteiger partial charge < -0.3 is 8.83 Å². The minimum atomic E-state index is -0.628. The van der Waals surface area contributed by atoms with Crippen LogP contribution in [0.2, 0.25) is 0 Å². The van der Waals surface area contributed by atoms with Gasteiger partial charge in [0.25, 0.3) is 0 Å². The van der Waals surface area contributed by atoms with Crippen molar-refractivity contribution in [2.45, 2.75) is 164 Å². The fraction of sp³-hybridized carbons (Fsp3) is 0.203. The van der Waals surface area contributed by atoms with Crippen molar-refractivity contribution in [1.29, 1.82) is 0 Å². The molecule has 26 rings (SSSR count). The summed E-state index contributed by atoms with van der Waals surface area (Å²) < 4.78 is 14.2. The Hall–Kier alpha value is -13.7. The summed E-state index contributed by atoms with van der Waals surface area (Å²) in [5, 5.41) is 4.70. The first kappa shape index (κ1) is 77.5. The molecular weight excluding hydrogens is 1570 g/mol. The number of rotatable bonds is 20. The number of hydrogen-bond acceptors (Lipinski definition) is 2. The van der Waals surface area contributed by atoms with Crippen LogP contribution in [0, 0.1) is 0 Å². The molecule has 2 nitrogen and oxygen atoms in total. The van der Waals surface area contributed by atoms with Crippen LogP contribution in [0.4, 0.5) is 0 Å². The van der Waals surface area contributed by atoms with Crippen LogP contribution < -0.4 is 0 Å². The monoisotopic (exact) mass is 1670 g/mol. The van der Waals surface area contributed by atoms with Gasteiger partial charge in [-0.15, -0.1) is 0 Å². The van der Waals surface area contributed by atoms with Crippen LogP contribution in [0.1, 0.15) is 219 Å². The second-order valence-electron chi connectivity index (χ2n) is 40.1. The van der Waals surface area contributed by atoms with E-state index in [9.17, 15) is 0 Å². The predicted octanol–water partition coefficient (Wildman–Crippen LogP) is 34.3. The highest BCUT2D eigenvalue weighted by atomic mass is 16.3. The topological polar surface area (TPSA) is 26.3 Å². The van der Waals surface area contributed by atoms with Crippen molar-refractivity contribution in [3.05, 3.63) is 440 Å². The normalized spacial score (nSPS) is 15.4. The van der Waals surface area contributed by atoms with Gasteiger partial charge in [-0.1, -0.05) is 397 Å². The summed E-state index contributed by atoms with van der Waals surface area (Å²) in [6, 6.07) is 135. The van der Waals surface area contributed by atoms with Crippen LogP contribution in [0.3, 0.4) is 0 Å². The summed E-state index contributed by atoms with van der Waals surface area (Å²) in [6.07, 6.45) is 17.1. The van der Waals surface area contributed by atoms with Crippen molar-refractivity contribution >= 4 is 43.9 Å². The standard InChI is InChI=1S/C128H104O2/c1-7-9-11-13-32-66-126(67-33-14-12-10-8-2)102-43-25-18-36-87(102)94-62-57-84(73-111(94)126)83-56-61-92-93-63-58-85(74-110(93)124(3,4)109(92)72-83)99-75-115-119(122-98-42-24-31-49-117(98)130-123(99)122)96-60-51-78(70-108(96)125(115,5)6)68-86(82-54-52-81(53-55-82)80-34-16-15-17-35-80)69-79-50-59-95-100-76-114-101(77-113(100)128(112(95)71-79)105-46-28-21-39-90(105)91-40-22-29-47-106(91)128)120-107(64-65-118-121(120)97-41-23-30-48-116(97)129-118)127(114)103-44-26-19-37-88(103)89-38-20-27-45-104(89)127/h15-31,34-65,70-77,86H,7-14,32-33,66-69H2,1-6H3. The summed E-state index contributed by atoms with van der Waals surface area (Å²) in [5.41, 5.74) is 51.1. The molecule has 1 atom stereocenters. The molecule has 628 valence electrons. The van der Waals surface area contributed by atoms with Gasteiger partial charge >= 0.3 is 0 Å². The Balaban J connectivity index is 0.575. The zero-order valence-electron chi connectivity index (χ0n) is 75.2. The second-order valence-corrected chi connectivity index (χ2v) is 40.1. The number of unbranched alkanes of at least 4 members (excludes halogenated alkanes) is 8. The van der Waals surface area contributed by atoms with Gasteiger partial charge in [-0.2, -0.15) is 0 Å². The molecule has 1 unspecified atom stereocenters. The molecule has 2 heterocycles.